The van der Waals surface area contributed by atoms with Gasteiger partial charge in [0.2, 0.25) is 0 Å². The van der Waals surface area contributed by atoms with E-state index in [0.29, 0.717) is 12.6 Å². The Kier molecular flexibility index (Phi) is 10.8. The van der Waals surface area contributed by atoms with Gasteiger partial charge >= 0.3 is 0 Å². The summed E-state index contributed by atoms with van der Waals surface area (Å²) in [5, 5.41) is 3.45. The van der Waals surface area contributed by atoms with Gasteiger partial charge in [-0.25, -0.2) is 0 Å². The summed E-state index contributed by atoms with van der Waals surface area (Å²) >= 11 is 0. The maximum absolute atomic E-state index is 6.17. The van der Waals surface area contributed by atoms with Crippen LogP contribution in [0.2, 0.25) is 0 Å². The number of piperazine rings is 1. The lowest BCUT2D eigenvalue weighted by molar-refractivity contribution is 0.172. The summed E-state index contributed by atoms with van der Waals surface area (Å²) in [7, 11) is 0. The summed E-state index contributed by atoms with van der Waals surface area (Å²) in [5.74, 6) is 1.01. The van der Waals surface area contributed by atoms with Crippen molar-refractivity contribution in [1.29, 1.82) is 0 Å². The fourth-order valence-corrected chi connectivity index (χ4v) is 3.92. The van der Waals surface area contributed by atoms with Crippen LogP contribution in [0.1, 0.15) is 41.6 Å². The van der Waals surface area contributed by atoms with Crippen LogP contribution in [0.5, 0.6) is 5.75 Å². The van der Waals surface area contributed by atoms with Crippen LogP contribution in [-0.4, -0.2) is 31.1 Å². The highest BCUT2D eigenvalue weighted by atomic mass is 35.5. The highest BCUT2D eigenvalue weighted by Crippen LogP contribution is 2.33. The van der Waals surface area contributed by atoms with E-state index in [1.165, 1.54) is 27.8 Å². The average Bonchev–Trinajstić information content (AvgIpc) is 2.66. The number of halogens is 2. The van der Waals surface area contributed by atoms with Crippen molar-refractivity contribution in [3.8, 4) is 5.75 Å². The van der Waals surface area contributed by atoms with Crippen LogP contribution in [0.25, 0.3) is 0 Å². The molecule has 2 aromatic rings. The number of hydrogen-bond acceptors (Lipinski definition) is 3. The van der Waals surface area contributed by atoms with Gasteiger partial charge in [0, 0.05) is 32.2 Å². The number of nitrogens with one attached hydrogen (secondary N) is 1. The first-order chi connectivity index (χ1) is 13.0. The number of nitrogens with zero attached hydrogens (tertiary/aromatic N) is 1. The molecule has 0 radical (unpaired) electrons. The molecule has 0 spiro atoms. The predicted octanol–water partition coefficient (Wildman–Crippen LogP) is 5.64. The predicted molar refractivity (Wildman–Crippen MR) is 128 cm³/mol. The fourth-order valence-electron chi connectivity index (χ4n) is 3.92. The molecule has 1 atom stereocenters. The maximum atomic E-state index is 6.17. The third-order valence-electron chi connectivity index (χ3n) is 5.23. The van der Waals surface area contributed by atoms with Crippen molar-refractivity contribution in [2.75, 3.05) is 26.2 Å². The smallest absolute Gasteiger partial charge is 0.125 e. The zero-order valence-electron chi connectivity index (χ0n) is 17.7. The molecule has 1 saturated heterocycles. The summed E-state index contributed by atoms with van der Waals surface area (Å²) in [6, 6.07) is 15.4. The Bertz CT molecular complexity index is 751. The monoisotopic (exact) mass is 436 g/mol. The van der Waals surface area contributed by atoms with Gasteiger partial charge in [0.1, 0.15) is 12.4 Å². The number of aryl methyl sites for hydroxylation is 2. The van der Waals surface area contributed by atoms with Crippen molar-refractivity contribution >= 4 is 24.8 Å². The van der Waals surface area contributed by atoms with Crippen LogP contribution in [0.3, 0.4) is 0 Å². The first-order valence-corrected chi connectivity index (χ1v) is 9.91. The number of rotatable bonds is 7. The molecule has 0 amide bonds. The molecule has 3 nitrogen and oxygen atoms in total. The normalized spacial score (nSPS) is 15.0. The average molecular weight is 437 g/mol. The largest absolute Gasteiger partial charge is 0.488 e. The van der Waals surface area contributed by atoms with Crippen LogP contribution in [0, 0.1) is 13.8 Å². The van der Waals surface area contributed by atoms with Crippen LogP contribution >= 0.6 is 24.8 Å². The van der Waals surface area contributed by atoms with Crippen molar-refractivity contribution in [3.63, 3.8) is 0 Å². The van der Waals surface area contributed by atoms with Crippen molar-refractivity contribution in [3.05, 3.63) is 76.9 Å². The molecular formula is C24H34Cl2N2O. The second-order valence-corrected chi connectivity index (χ2v) is 7.72. The van der Waals surface area contributed by atoms with Gasteiger partial charge in [-0.3, -0.25) is 4.90 Å². The second-order valence-electron chi connectivity index (χ2n) is 7.72. The Morgan fingerprint density at radius 3 is 2.21 bits per heavy atom. The summed E-state index contributed by atoms with van der Waals surface area (Å²) < 4.78 is 6.17. The van der Waals surface area contributed by atoms with Gasteiger partial charge in [-0.2, -0.15) is 0 Å². The zero-order chi connectivity index (χ0) is 19.2. The van der Waals surface area contributed by atoms with E-state index in [1.54, 1.807) is 0 Å². The Morgan fingerprint density at radius 1 is 1.07 bits per heavy atom. The first kappa shape index (κ1) is 25.5. The van der Waals surface area contributed by atoms with E-state index in [1.807, 2.05) is 6.07 Å². The Labute approximate surface area is 188 Å². The lowest BCUT2D eigenvalue weighted by Crippen LogP contribution is -2.45. The Hall–Kier alpha value is -1.52. The van der Waals surface area contributed by atoms with Crippen LogP contribution in [0.15, 0.2) is 54.6 Å². The molecule has 1 heterocycles. The molecule has 0 aromatic heterocycles. The SMILES string of the molecule is C=C(C)C[C@H](c1cc(C)c(OCc2ccccc2)c(C)c1)N1CCNCC1.Cl.Cl. The van der Waals surface area contributed by atoms with Crippen molar-refractivity contribution in [2.45, 2.75) is 39.8 Å². The van der Waals surface area contributed by atoms with Gasteiger partial charge in [-0.1, -0.05) is 48.0 Å². The highest BCUT2D eigenvalue weighted by Gasteiger charge is 2.23. The second kappa shape index (κ2) is 12.2. The van der Waals surface area contributed by atoms with E-state index in [2.05, 4.69) is 74.0 Å². The molecule has 1 N–H and O–H groups in total. The lowest BCUT2D eigenvalue weighted by atomic mass is 9.94. The molecule has 29 heavy (non-hydrogen) atoms. The third kappa shape index (κ3) is 7.04. The molecule has 2 aromatic carbocycles. The Balaban J connectivity index is 0.00000210. The molecule has 160 valence electrons. The quantitative estimate of drug-likeness (QED) is 0.568. The summed E-state index contributed by atoms with van der Waals surface area (Å²) in [5.41, 5.74) is 6.23. The topological polar surface area (TPSA) is 24.5 Å². The Morgan fingerprint density at radius 2 is 1.66 bits per heavy atom. The molecule has 0 aliphatic carbocycles. The summed E-state index contributed by atoms with van der Waals surface area (Å²) in [6.45, 7) is 15.5. The number of ether oxygens (including phenoxy) is 1. The maximum Gasteiger partial charge on any atom is 0.125 e. The van der Waals surface area contributed by atoms with Crippen LogP contribution < -0.4 is 10.1 Å². The number of benzene rings is 2. The molecule has 1 aliphatic rings. The molecule has 0 unspecified atom stereocenters. The van der Waals surface area contributed by atoms with Crippen LogP contribution in [0.4, 0.5) is 0 Å². The minimum absolute atomic E-state index is 0. The van der Waals surface area contributed by atoms with E-state index in [4.69, 9.17) is 4.74 Å². The summed E-state index contributed by atoms with van der Waals surface area (Å²) in [4.78, 5) is 2.59. The van der Waals surface area contributed by atoms with E-state index in [9.17, 15) is 0 Å². The third-order valence-corrected chi connectivity index (χ3v) is 5.23. The van der Waals surface area contributed by atoms with E-state index < -0.39 is 0 Å². The van der Waals surface area contributed by atoms with Gasteiger partial charge in [-0.15, -0.1) is 31.4 Å². The molecular weight excluding hydrogens is 403 g/mol. The van der Waals surface area contributed by atoms with Gasteiger partial charge in [0.15, 0.2) is 0 Å². The lowest BCUT2D eigenvalue weighted by Gasteiger charge is -2.36. The van der Waals surface area contributed by atoms with Gasteiger partial charge in [0.25, 0.3) is 0 Å². The molecule has 0 saturated carbocycles. The minimum Gasteiger partial charge on any atom is -0.488 e. The van der Waals surface area contributed by atoms with Crippen molar-refractivity contribution in [1.82, 2.24) is 10.2 Å². The van der Waals surface area contributed by atoms with Gasteiger partial charge in [0.05, 0.1) is 0 Å². The summed E-state index contributed by atoms with van der Waals surface area (Å²) in [6.07, 6.45) is 1.00. The highest BCUT2D eigenvalue weighted by molar-refractivity contribution is 5.85. The molecule has 1 fully saturated rings. The van der Waals surface area contributed by atoms with E-state index >= 15 is 0 Å². The zero-order valence-corrected chi connectivity index (χ0v) is 19.4. The van der Waals surface area contributed by atoms with Gasteiger partial charge < -0.3 is 10.1 Å². The molecule has 1 aliphatic heterocycles. The van der Waals surface area contributed by atoms with Crippen molar-refractivity contribution in [2.24, 2.45) is 0 Å². The standard InChI is InChI=1S/C24H32N2O.2ClH/c1-18(2)14-23(26-12-10-25-11-13-26)22-15-19(3)24(20(4)16-22)27-17-21-8-6-5-7-9-21;;/h5-9,15-16,23,25H,1,10-14,17H2,2-4H3;2*1H/t23-;;/m1../s1. The van der Waals surface area contributed by atoms with Crippen molar-refractivity contribution < 1.29 is 4.74 Å². The van der Waals surface area contributed by atoms with E-state index in [0.717, 1.165) is 38.3 Å². The molecule has 3 rings (SSSR count). The first-order valence-electron chi connectivity index (χ1n) is 9.91. The molecule has 5 heteroatoms. The number of hydrogen-bond donors (Lipinski definition) is 1. The van der Waals surface area contributed by atoms with E-state index in [-0.39, 0.29) is 24.8 Å². The molecule has 0 bridgehead atoms. The van der Waals surface area contributed by atoms with Gasteiger partial charge in [-0.05, 0) is 49.4 Å². The fraction of sp³-hybridized carbons (Fsp3) is 0.417. The van der Waals surface area contributed by atoms with Crippen LogP contribution in [-0.2, 0) is 6.61 Å². The minimum atomic E-state index is 0.